The van der Waals surface area contributed by atoms with Crippen molar-refractivity contribution in [3.8, 4) is 0 Å². The lowest BCUT2D eigenvalue weighted by Crippen LogP contribution is -2.57. The zero-order valence-corrected chi connectivity index (χ0v) is 10.2. The molecule has 1 aliphatic heterocycles. The minimum Gasteiger partial charge on any atom is -0.336 e. The van der Waals surface area contributed by atoms with Gasteiger partial charge in [0, 0.05) is 32.6 Å². The SMILES string of the molecule is CN1CCN(C(=O)CC2CCC2)C(CN)C1. The lowest BCUT2D eigenvalue weighted by Gasteiger charge is -2.40. The number of amides is 1. The minimum absolute atomic E-state index is 0.228. The molecule has 4 heteroatoms. The van der Waals surface area contributed by atoms with Crippen molar-refractivity contribution in [1.29, 1.82) is 0 Å². The summed E-state index contributed by atoms with van der Waals surface area (Å²) in [6.07, 6.45) is 4.54. The van der Waals surface area contributed by atoms with Crippen molar-refractivity contribution in [2.75, 3.05) is 33.2 Å². The molecule has 16 heavy (non-hydrogen) atoms. The highest BCUT2D eigenvalue weighted by Gasteiger charge is 2.30. The largest absolute Gasteiger partial charge is 0.336 e. The fraction of sp³-hybridized carbons (Fsp3) is 0.917. The van der Waals surface area contributed by atoms with Crippen LogP contribution in [0.25, 0.3) is 0 Å². The van der Waals surface area contributed by atoms with Gasteiger partial charge in [-0.15, -0.1) is 0 Å². The first-order chi connectivity index (χ1) is 7.70. The topological polar surface area (TPSA) is 49.6 Å². The second kappa shape index (κ2) is 5.15. The Balaban J connectivity index is 1.87. The number of hydrogen-bond donors (Lipinski definition) is 1. The van der Waals surface area contributed by atoms with Crippen LogP contribution < -0.4 is 5.73 Å². The van der Waals surface area contributed by atoms with Gasteiger partial charge < -0.3 is 15.5 Å². The summed E-state index contributed by atoms with van der Waals surface area (Å²) >= 11 is 0. The summed E-state index contributed by atoms with van der Waals surface area (Å²) in [5.74, 6) is 0.985. The minimum atomic E-state index is 0.228. The standard InChI is InChI=1S/C12H23N3O/c1-14-5-6-15(11(8-13)9-14)12(16)7-10-3-2-4-10/h10-11H,2-9,13H2,1H3. The smallest absolute Gasteiger partial charge is 0.223 e. The van der Waals surface area contributed by atoms with Crippen LogP contribution in [0.5, 0.6) is 0 Å². The van der Waals surface area contributed by atoms with E-state index in [9.17, 15) is 4.79 Å². The fourth-order valence-corrected chi connectivity index (χ4v) is 2.60. The molecule has 2 N–H and O–H groups in total. The number of nitrogens with zero attached hydrogens (tertiary/aromatic N) is 2. The molecule has 0 bridgehead atoms. The van der Waals surface area contributed by atoms with Gasteiger partial charge in [0.05, 0.1) is 6.04 Å². The van der Waals surface area contributed by atoms with Gasteiger partial charge in [-0.05, 0) is 25.8 Å². The summed E-state index contributed by atoms with van der Waals surface area (Å²) in [6.45, 7) is 3.34. The molecular weight excluding hydrogens is 202 g/mol. The van der Waals surface area contributed by atoms with E-state index in [1.165, 1.54) is 19.3 Å². The molecule has 2 fully saturated rings. The van der Waals surface area contributed by atoms with Crippen molar-refractivity contribution in [1.82, 2.24) is 9.80 Å². The highest BCUT2D eigenvalue weighted by Crippen LogP contribution is 2.30. The van der Waals surface area contributed by atoms with E-state index in [2.05, 4.69) is 11.9 Å². The average Bonchev–Trinajstić information content (AvgIpc) is 2.23. The van der Waals surface area contributed by atoms with E-state index in [0.29, 0.717) is 18.4 Å². The molecule has 1 aliphatic carbocycles. The molecule has 2 rings (SSSR count). The predicted molar refractivity (Wildman–Crippen MR) is 64.0 cm³/mol. The third-order valence-electron chi connectivity index (χ3n) is 3.97. The summed E-state index contributed by atoms with van der Waals surface area (Å²) in [5, 5.41) is 0. The number of carbonyl (C=O) groups is 1. The molecule has 1 unspecified atom stereocenters. The Kier molecular flexibility index (Phi) is 3.82. The van der Waals surface area contributed by atoms with Crippen LogP contribution in [0, 0.1) is 5.92 Å². The lowest BCUT2D eigenvalue weighted by atomic mass is 9.82. The summed E-state index contributed by atoms with van der Waals surface area (Å²) < 4.78 is 0. The quantitative estimate of drug-likeness (QED) is 0.750. The molecule has 0 aromatic heterocycles. The summed E-state index contributed by atoms with van der Waals surface area (Å²) in [7, 11) is 2.09. The van der Waals surface area contributed by atoms with Gasteiger partial charge in [-0.1, -0.05) is 6.42 Å². The Morgan fingerprint density at radius 1 is 1.38 bits per heavy atom. The van der Waals surface area contributed by atoms with Crippen molar-refractivity contribution in [3.05, 3.63) is 0 Å². The Hall–Kier alpha value is -0.610. The second-order valence-corrected chi connectivity index (χ2v) is 5.24. The molecular formula is C12H23N3O. The fourth-order valence-electron chi connectivity index (χ4n) is 2.60. The zero-order valence-electron chi connectivity index (χ0n) is 10.2. The molecule has 0 radical (unpaired) electrons. The molecule has 0 aromatic rings. The number of rotatable bonds is 3. The molecule has 0 aromatic carbocycles. The van der Waals surface area contributed by atoms with Crippen LogP contribution in [0.2, 0.25) is 0 Å². The summed E-state index contributed by atoms with van der Waals surface area (Å²) in [4.78, 5) is 16.4. The van der Waals surface area contributed by atoms with Crippen LogP contribution in [0.15, 0.2) is 0 Å². The predicted octanol–water partition coefficient (Wildman–Crippen LogP) is 0.278. The molecule has 0 spiro atoms. The Morgan fingerprint density at radius 3 is 2.69 bits per heavy atom. The van der Waals surface area contributed by atoms with Crippen molar-refractivity contribution in [3.63, 3.8) is 0 Å². The maximum Gasteiger partial charge on any atom is 0.223 e. The number of hydrogen-bond acceptors (Lipinski definition) is 3. The first-order valence-corrected chi connectivity index (χ1v) is 6.38. The number of piperazine rings is 1. The summed E-state index contributed by atoms with van der Waals surface area (Å²) in [5.41, 5.74) is 5.75. The van der Waals surface area contributed by atoms with E-state index >= 15 is 0 Å². The van der Waals surface area contributed by atoms with Crippen LogP contribution >= 0.6 is 0 Å². The number of carbonyl (C=O) groups excluding carboxylic acids is 1. The second-order valence-electron chi connectivity index (χ2n) is 5.24. The first kappa shape index (κ1) is 11.9. The Labute approximate surface area is 97.8 Å². The van der Waals surface area contributed by atoms with Crippen molar-refractivity contribution < 1.29 is 4.79 Å². The third-order valence-corrected chi connectivity index (χ3v) is 3.97. The summed E-state index contributed by atoms with van der Waals surface area (Å²) in [6, 6.07) is 0.228. The van der Waals surface area contributed by atoms with Gasteiger partial charge in [-0.25, -0.2) is 0 Å². The Bertz CT molecular complexity index is 253. The van der Waals surface area contributed by atoms with E-state index in [1.807, 2.05) is 4.90 Å². The van der Waals surface area contributed by atoms with E-state index in [4.69, 9.17) is 5.73 Å². The highest BCUT2D eigenvalue weighted by atomic mass is 16.2. The zero-order chi connectivity index (χ0) is 11.5. The number of likely N-dealkylation sites (N-methyl/N-ethyl adjacent to an activating group) is 1. The van der Waals surface area contributed by atoms with Crippen LogP contribution in [0.4, 0.5) is 0 Å². The molecule has 1 atom stereocenters. The van der Waals surface area contributed by atoms with Crippen molar-refractivity contribution >= 4 is 5.91 Å². The van der Waals surface area contributed by atoms with Crippen molar-refractivity contribution in [2.45, 2.75) is 31.7 Å². The molecule has 1 saturated carbocycles. The third kappa shape index (κ3) is 2.55. The number of nitrogens with two attached hydrogens (primary N) is 1. The van der Waals surface area contributed by atoms with Crippen LogP contribution in [-0.2, 0) is 4.79 Å². The van der Waals surface area contributed by atoms with Gasteiger partial charge in [0.1, 0.15) is 0 Å². The van der Waals surface area contributed by atoms with Gasteiger partial charge in [0.15, 0.2) is 0 Å². The first-order valence-electron chi connectivity index (χ1n) is 6.38. The monoisotopic (exact) mass is 225 g/mol. The normalized spacial score (nSPS) is 27.9. The van der Waals surface area contributed by atoms with Gasteiger partial charge >= 0.3 is 0 Å². The molecule has 92 valence electrons. The van der Waals surface area contributed by atoms with Crippen LogP contribution in [0.3, 0.4) is 0 Å². The maximum atomic E-state index is 12.1. The van der Waals surface area contributed by atoms with Gasteiger partial charge in [0.2, 0.25) is 5.91 Å². The molecule has 1 heterocycles. The van der Waals surface area contributed by atoms with Gasteiger partial charge in [0.25, 0.3) is 0 Å². The van der Waals surface area contributed by atoms with E-state index < -0.39 is 0 Å². The highest BCUT2D eigenvalue weighted by molar-refractivity contribution is 5.77. The van der Waals surface area contributed by atoms with Crippen LogP contribution in [0.1, 0.15) is 25.7 Å². The van der Waals surface area contributed by atoms with Gasteiger partial charge in [-0.2, -0.15) is 0 Å². The van der Waals surface area contributed by atoms with Crippen molar-refractivity contribution in [2.24, 2.45) is 11.7 Å². The lowest BCUT2D eigenvalue weighted by molar-refractivity contribution is -0.137. The maximum absolute atomic E-state index is 12.1. The molecule has 1 saturated heterocycles. The van der Waals surface area contributed by atoms with E-state index in [-0.39, 0.29) is 6.04 Å². The Morgan fingerprint density at radius 2 is 2.12 bits per heavy atom. The molecule has 1 amide bonds. The molecule has 2 aliphatic rings. The van der Waals surface area contributed by atoms with Gasteiger partial charge in [-0.3, -0.25) is 4.79 Å². The van der Waals surface area contributed by atoms with Crippen LogP contribution in [-0.4, -0.2) is 55.0 Å². The average molecular weight is 225 g/mol. The van der Waals surface area contributed by atoms with E-state index in [1.54, 1.807) is 0 Å². The molecule has 4 nitrogen and oxygen atoms in total. The van der Waals surface area contributed by atoms with E-state index in [0.717, 1.165) is 26.1 Å².